The molecule has 0 unspecified atom stereocenters. The monoisotopic (exact) mass is 280 g/mol. The molecule has 21 heavy (non-hydrogen) atoms. The second kappa shape index (κ2) is 4.77. The van der Waals surface area contributed by atoms with Gasteiger partial charge in [0.15, 0.2) is 0 Å². The van der Waals surface area contributed by atoms with E-state index in [1.165, 1.54) is 5.39 Å². The van der Waals surface area contributed by atoms with Crippen LogP contribution in [0.15, 0.2) is 42.9 Å². The standard InChI is InChI=1S/C16H16N4O/c21-16(20-8-6-13-14(9-20)18-11-17-13)10-19-7-5-12-3-1-2-4-15(12)19/h1-5,7,11H,6,8-10H2,(H,17,18). The molecule has 1 aliphatic rings. The van der Waals surface area contributed by atoms with Crippen LogP contribution in [0.4, 0.5) is 0 Å². The molecule has 0 spiro atoms. The van der Waals surface area contributed by atoms with Gasteiger partial charge in [-0.2, -0.15) is 0 Å². The van der Waals surface area contributed by atoms with E-state index in [1.807, 2.05) is 39.9 Å². The molecule has 5 heteroatoms. The molecule has 0 fully saturated rings. The topological polar surface area (TPSA) is 53.9 Å². The minimum Gasteiger partial charge on any atom is -0.347 e. The number of fused-ring (bicyclic) bond motifs is 2. The lowest BCUT2D eigenvalue weighted by molar-refractivity contribution is -0.132. The van der Waals surface area contributed by atoms with Gasteiger partial charge in [-0.05, 0) is 17.5 Å². The molecule has 0 bridgehead atoms. The van der Waals surface area contributed by atoms with Gasteiger partial charge in [-0.25, -0.2) is 4.98 Å². The molecule has 0 atom stereocenters. The fraction of sp³-hybridized carbons (Fsp3) is 0.250. The summed E-state index contributed by atoms with van der Waals surface area (Å²) in [5.74, 6) is 0.150. The van der Waals surface area contributed by atoms with Gasteiger partial charge in [0.2, 0.25) is 5.91 Å². The van der Waals surface area contributed by atoms with Gasteiger partial charge in [-0.15, -0.1) is 0 Å². The van der Waals surface area contributed by atoms with Crippen molar-refractivity contribution in [3.05, 3.63) is 54.2 Å². The molecule has 106 valence electrons. The quantitative estimate of drug-likeness (QED) is 0.780. The van der Waals surface area contributed by atoms with Gasteiger partial charge in [-0.1, -0.05) is 18.2 Å². The number of hydrogen-bond donors (Lipinski definition) is 1. The smallest absolute Gasteiger partial charge is 0.242 e. The highest BCUT2D eigenvalue weighted by Crippen LogP contribution is 2.18. The van der Waals surface area contributed by atoms with E-state index in [9.17, 15) is 4.79 Å². The number of amides is 1. The molecule has 4 rings (SSSR count). The number of imidazole rings is 1. The number of benzene rings is 1. The number of nitrogens with zero attached hydrogens (tertiary/aromatic N) is 3. The minimum absolute atomic E-state index is 0.150. The lowest BCUT2D eigenvalue weighted by Crippen LogP contribution is -2.38. The molecular weight excluding hydrogens is 264 g/mol. The fourth-order valence-electron chi connectivity index (χ4n) is 2.95. The largest absolute Gasteiger partial charge is 0.347 e. The predicted molar refractivity (Wildman–Crippen MR) is 79.6 cm³/mol. The molecule has 1 amide bonds. The zero-order valence-corrected chi connectivity index (χ0v) is 11.6. The van der Waals surface area contributed by atoms with Crippen molar-refractivity contribution in [1.82, 2.24) is 19.4 Å². The highest BCUT2D eigenvalue weighted by molar-refractivity contribution is 5.83. The molecule has 3 aromatic rings. The fourth-order valence-corrected chi connectivity index (χ4v) is 2.95. The maximum Gasteiger partial charge on any atom is 0.242 e. The number of hydrogen-bond acceptors (Lipinski definition) is 2. The summed E-state index contributed by atoms with van der Waals surface area (Å²) in [5, 5.41) is 1.17. The second-order valence-electron chi connectivity index (χ2n) is 5.40. The lowest BCUT2D eigenvalue weighted by Gasteiger charge is -2.26. The summed E-state index contributed by atoms with van der Waals surface area (Å²) in [5.41, 5.74) is 3.25. The van der Waals surface area contributed by atoms with Gasteiger partial charge in [-0.3, -0.25) is 4.79 Å². The Balaban J connectivity index is 1.54. The molecule has 0 saturated heterocycles. The highest BCUT2D eigenvalue weighted by Gasteiger charge is 2.22. The average Bonchev–Trinajstić information content (AvgIpc) is 3.13. The first-order valence-electron chi connectivity index (χ1n) is 7.14. The summed E-state index contributed by atoms with van der Waals surface area (Å²) in [4.78, 5) is 21.8. The Kier molecular flexibility index (Phi) is 2.77. The van der Waals surface area contributed by atoms with Crippen LogP contribution in [-0.2, 0) is 24.3 Å². The van der Waals surface area contributed by atoms with Crippen LogP contribution in [0.1, 0.15) is 11.4 Å². The maximum absolute atomic E-state index is 12.5. The van der Waals surface area contributed by atoms with Crippen LogP contribution in [0.3, 0.4) is 0 Å². The number of aromatic amines is 1. The Labute approximate surface area is 122 Å². The number of nitrogens with one attached hydrogen (secondary N) is 1. The normalized spacial score (nSPS) is 14.4. The SMILES string of the molecule is O=C(Cn1ccc2ccccc21)N1CCc2nc[nH]c2C1. The van der Waals surface area contributed by atoms with E-state index in [0.717, 1.165) is 29.9 Å². The van der Waals surface area contributed by atoms with Crippen molar-refractivity contribution in [1.29, 1.82) is 0 Å². The zero-order chi connectivity index (χ0) is 14.2. The first-order valence-corrected chi connectivity index (χ1v) is 7.14. The van der Waals surface area contributed by atoms with E-state index in [-0.39, 0.29) is 5.91 Å². The maximum atomic E-state index is 12.5. The molecule has 2 aromatic heterocycles. The zero-order valence-electron chi connectivity index (χ0n) is 11.6. The molecule has 1 aliphatic heterocycles. The van der Waals surface area contributed by atoms with E-state index in [1.54, 1.807) is 6.33 Å². The van der Waals surface area contributed by atoms with Crippen molar-refractivity contribution in [3.63, 3.8) is 0 Å². The van der Waals surface area contributed by atoms with Gasteiger partial charge in [0.25, 0.3) is 0 Å². The van der Waals surface area contributed by atoms with Crippen molar-refractivity contribution in [3.8, 4) is 0 Å². The minimum atomic E-state index is 0.150. The Morgan fingerprint density at radius 1 is 1.29 bits per heavy atom. The number of H-pyrrole nitrogens is 1. The van der Waals surface area contributed by atoms with Crippen LogP contribution >= 0.6 is 0 Å². The van der Waals surface area contributed by atoms with Crippen LogP contribution in [-0.4, -0.2) is 31.9 Å². The van der Waals surface area contributed by atoms with Crippen molar-refractivity contribution in [2.45, 2.75) is 19.5 Å². The number of carbonyl (C=O) groups excluding carboxylic acids is 1. The lowest BCUT2D eigenvalue weighted by atomic mass is 10.1. The molecule has 1 N–H and O–H groups in total. The third-order valence-electron chi connectivity index (χ3n) is 4.11. The summed E-state index contributed by atoms with van der Waals surface area (Å²) in [6.07, 6.45) is 4.52. The molecular formula is C16H16N4O. The van der Waals surface area contributed by atoms with Crippen molar-refractivity contribution in [2.24, 2.45) is 0 Å². The Morgan fingerprint density at radius 2 is 2.19 bits per heavy atom. The first-order chi connectivity index (χ1) is 10.3. The van der Waals surface area contributed by atoms with Crippen LogP contribution in [0.25, 0.3) is 10.9 Å². The van der Waals surface area contributed by atoms with Gasteiger partial charge in [0, 0.05) is 24.7 Å². The summed E-state index contributed by atoms with van der Waals surface area (Å²) in [7, 11) is 0. The van der Waals surface area contributed by atoms with E-state index in [0.29, 0.717) is 13.1 Å². The van der Waals surface area contributed by atoms with Crippen molar-refractivity contribution in [2.75, 3.05) is 6.54 Å². The van der Waals surface area contributed by atoms with E-state index >= 15 is 0 Å². The number of para-hydroxylation sites is 1. The van der Waals surface area contributed by atoms with Gasteiger partial charge in [0.1, 0.15) is 6.54 Å². The van der Waals surface area contributed by atoms with Gasteiger partial charge >= 0.3 is 0 Å². The molecule has 1 aromatic carbocycles. The summed E-state index contributed by atoms with van der Waals surface area (Å²) in [6, 6.07) is 10.2. The van der Waals surface area contributed by atoms with E-state index < -0.39 is 0 Å². The Hall–Kier alpha value is -2.56. The van der Waals surface area contributed by atoms with E-state index in [4.69, 9.17) is 0 Å². The van der Waals surface area contributed by atoms with Crippen LogP contribution in [0, 0.1) is 0 Å². The van der Waals surface area contributed by atoms with Crippen LogP contribution in [0.2, 0.25) is 0 Å². The average molecular weight is 280 g/mol. The van der Waals surface area contributed by atoms with Crippen LogP contribution in [0.5, 0.6) is 0 Å². The number of carbonyl (C=O) groups is 1. The molecule has 3 heterocycles. The number of aromatic nitrogens is 3. The Morgan fingerprint density at radius 3 is 3.14 bits per heavy atom. The number of rotatable bonds is 2. The van der Waals surface area contributed by atoms with E-state index in [2.05, 4.69) is 16.0 Å². The molecule has 0 aliphatic carbocycles. The van der Waals surface area contributed by atoms with Gasteiger partial charge in [0.05, 0.1) is 24.3 Å². The first kappa shape index (κ1) is 12.2. The third kappa shape index (κ3) is 2.11. The predicted octanol–water partition coefficient (Wildman–Crippen LogP) is 1.95. The molecule has 0 radical (unpaired) electrons. The summed E-state index contributed by atoms with van der Waals surface area (Å²) >= 11 is 0. The third-order valence-corrected chi connectivity index (χ3v) is 4.11. The summed E-state index contributed by atoms with van der Waals surface area (Å²) < 4.78 is 2.01. The van der Waals surface area contributed by atoms with Crippen LogP contribution < -0.4 is 0 Å². The van der Waals surface area contributed by atoms with Crippen molar-refractivity contribution >= 4 is 16.8 Å². The van der Waals surface area contributed by atoms with Crippen molar-refractivity contribution < 1.29 is 4.79 Å². The highest BCUT2D eigenvalue weighted by atomic mass is 16.2. The summed E-state index contributed by atoms with van der Waals surface area (Å²) in [6.45, 7) is 1.76. The van der Waals surface area contributed by atoms with Gasteiger partial charge < -0.3 is 14.5 Å². The Bertz CT molecular complexity index is 801. The molecule has 0 saturated carbocycles. The second-order valence-corrected chi connectivity index (χ2v) is 5.40. The molecule has 5 nitrogen and oxygen atoms in total.